The summed E-state index contributed by atoms with van der Waals surface area (Å²) in [4.78, 5) is 11.2. The average Bonchev–Trinajstić information content (AvgIpc) is 2.39. The first-order valence-electron chi connectivity index (χ1n) is 6.89. The van der Waals surface area contributed by atoms with E-state index in [1.807, 2.05) is 17.8 Å². The predicted octanol–water partition coefficient (Wildman–Crippen LogP) is 3.95. The Morgan fingerprint density at radius 2 is 2.05 bits per heavy atom. The minimum Gasteiger partial charge on any atom is -0.481 e. The zero-order valence-corrected chi connectivity index (χ0v) is 12.5. The highest BCUT2D eigenvalue weighted by Gasteiger charge is 2.27. The van der Waals surface area contributed by atoms with E-state index < -0.39 is 11.4 Å². The van der Waals surface area contributed by atoms with Crippen molar-refractivity contribution in [2.45, 2.75) is 39.0 Å². The molecule has 1 aliphatic heterocycles. The topological polar surface area (TPSA) is 37.3 Å². The van der Waals surface area contributed by atoms with Gasteiger partial charge >= 0.3 is 5.97 Å². The summed E-state index contributed by atoms with van der Waals surface area (Å²) in [5.74, 6) is 2.42. The Morgan fingerprint density at radius 3 is 2.68 bits per heavy atom. The Labute approximate surface area is 119 Å². The van der Waals surface area contributed by atoms with Crippen molar-refractivity contribution < 1.29 is 9.90 Å². The summed E-state index contributed by atoms with van der Waals surface area (Å²) in [5, 5.41) is 9.22. The van der Waals surface area contributed by atoms with E-state index in [-0.39, 0.29) is 0 Å². The first-order chi connectivity index (χ1) is 8.99. The fourth-order valence-electron chi connectivity index (χ4n) is 2.57. The lowest BCUT2D eigenvalue weighted by molar-refractivity contribution is -0.146. The molecular formula is C16H22O2S. The van der Waals surface area contributed by atoms with Crippen LogP contribution in [0.5, 0.6) is 0 Å². The summed E-state index contributed by atoms with van der Waals surface area (Å²) >= 11 is 2.03. The maximum absolute atomic E-state index is 11.2. The summed E-state index contributed by atoms with van der Waals surface area (Å²) in [6.45, 7) is 3.58. The summed E-state index contributed by atoms with van der Waals surface area (Å²) in [6.07, 6.45) is 3.09. The van der Waals surface area contributed by atoms with E-state index >= 15 is 0 Å². The largest absolute Gasteiger partial charge is 0.481 e. The minimum atomic E-state index is -0.730. The predicted molar refractivity (Wildman–Crippen MR) is 80.9 cm³/mol. The molecule has 0 amide bonds. The summed E-state index contributed by atoms with van der Waals surface area (Å²) in [5.41, 5.74) is 1.84. The van der Waals surface area contributed by atoms with E-state index in [1.165, 1.54) is 29.9 Å². The van der Waals surface area contributed by atoms with Crippen LogP contribution in [0, 0.1) is 5.41 Å². The molecule has 1 heterocycles. The maximum atomic E-state index is 11.2. The van der Waals surface area contributed by atoms with Crippen molar-refractivity contribution in [1.82, 2.24) is 0 Å². The maximum Gasteiger partial charge on any atom is 0.309 e. The molecular weight excluding hydrogens is 256 g/mol. The van der Waals surface area contributed by atoms with E-state index in [0.29, 0.717) is 12.3 Å². The van der Waals surface area contributed by atoms with Crippen LogP contribution < -0.4 is 0 Å². The zero-order valence-electron chi connectivity index (χ0n) is 11.7. The number of hydrogen-bond donors (Lipinski definition) is 1. The molecule has 0 atom stereocenters. The average molecular weight is 278 g/mol. The van der Waals surface area contributed by atoms with Crippen LogP contribution in [0.15, 0.2) is 24.3 Å². The van der Waals surface area contributed by atoms with Crippen molar-refractivity contribution in [3.05, 3.63) is 35.4 Å². The third-order valence-electron chi connectivity index (χ3n) is 3.87. The van der Waals surface area contributed by atoms with E-state index in [9.17, 15) is 9.90 Å². The number of benzene rings is 1. The summed E-state index contributed by atoms with van der Waals surface area (Å²) < 4.78 is 0. The van der Waals surface area contributed by atoms with E-state index in [4.69, 9.17) is 0 Å². The quantitative estimate of drug-likeness (QED) is 0.906. The molecule has 1 saturated heterocycles. The highest BCUT2D eigenvalue weighted by Crippen LogP contribution is 2.32. The lowest BCUT2D eigenvalue weighted by Crippen LogP contribution is -2.26. The van der Waals surface area contributed by atoms with Crippen LogP contribution in [-0.2, 0) is 11.2 Å². The van der Waals surface area contributed by atoms with E-state index in [1.54, 1.807) is 13.8 Å². The number of thioether (sulfide) groups is 1. The second-order valence-electron chi connectivity index (χ2n) is 6.00. The molecule has 2 rings (SSSR count). The molecule has 0 spiro atoms. The van der Waals surface area contributed by atoms with Crippen molar-refractivity contribution in [3.8, 4) is 0 Å². The molecule has 1 N–H and O–H groups in total. The molecule has 0 aromatic heterocycles. The number of carboxylic acids is 1. The van der Waals surface area contributed by atoms with Gasteiger partial charge in [-0.3, -0.25) is 4.79 Å². The first kappa shape index (κ1) is 14.4. The Kier molecular flexibility index (Phi) is 4.56. The van der Waals surface area contributed by atoms with Gasteiger partial charge in [0.2, 0.25) is 0 Å². The number of rotatable bonds is 4. The van der Waals surface area contributed by atoms with Gasteiger partial charge < -0.3 is 5.11 Å². The van der Waals surface area contributed by atoms with Crippen molar-refractivity contribution >= 4 is 17.7 Å². The minimum absolute atomic E-state index is 0.595. The number of carboxylic acid groups (broad SMARTS) is 1. The molecule has 1 fully saturated rings. The molecule has 1 aromatic carbocycles. The van der Waals surface area contributed by atoms with Crippen LogP contribution in [-0.4, -0.2) is 22.6 Å². The summed E-state index contributed by atoms with van der Waals surface area (Å²) in [7, 11) is 0. The molecule has 1 aliphatic rings. The molecule has 0 unspecified atom stereocenters. The third-order valence-corrected chi connectivity index (χ3v) is 4.92. The van der Waals surface area contributed by atoms with Crippen LogP contribution in [0.2, 0.25) is 0 Å². The molecule has 0 bridgehead atoms. The van der Waals surface area contributed by atoms with Gasteiger partial charge in [0.05, 0.1) is 5.41 Å². The Bertz CT molecular complexity index is 448. The van der Waals surface area contributed by atoms with Gasteiger partial charge in [0.15, 0.2) is 0 Å². The van der Waals surface area contributed by atoms with Crippen LogP contribution in [0.4, 0.5) is 0 Å². The van der Waals surface area contributed by atoms with Crippen molar-refractivity contribution in [1.29, 1.82) is 0 Å². The molecule has 104 valence electrons. The second kappa shape index (κ2) is 6.00. The summed E-state index contributed by atoms with van der Waals surface area (Å²) in [6, 6.07) is 8.53. The Morgan fingerprint density at radius 1 is 1.37 bits per heavy atom. The van der Waals surface area contributed by atoms with Gasteiger partial charge in [-0.15, -0.1) is 0 Å². The fraction of sp³-hybridized carbons (Fsp3) is 0.562. The van der Waals surface area contributed by atoms with Crippen molar-refractivity contribution in [2.75, 3.05) is 11.5 Å². The number of hydrogen-bond acceptors (Lipinski definition) is 2. The zero-order chi connectivity index (χ0) is 13.9. The molecule has 1 aromatic rings. The standard InChI is InChI=1S/C16H22O2S/c1-16(2,15(17)18)11-12-4-3-5-14(10-12)13-6-8-19-9-7-13/h3-5,10,13H,6-9,11H2,1-2H3,(H,17,18). The first-order valence-corrected chi connectivity index (χ1v) is 8.04. The highest BCUT2D eigenvalue weighted by atomic mass is 32.2. The smallest absolute Gasteiger partial charge is 0.309 e. The number of carbonyl (C=O) groups is 1. The van der Waals surface area contributed by atoms with Gasteiger partial charge in [0.25, 0.3) is 0 Å². The molecule has 3 heteroatoms. The lowest BCUT2D eigenvalue weighted by Gasteiger charge is -2.23. The van der Waals surface area contributed by atoms with E-state index in [2.05, 4.69) is 18.2 Å². The van der Waals surface area contributed by atoms with Gasteiger partial charge in [0, 0.05) is 0 Å². The molecule has 0 saturated carbocycles. The van der Waals surface area contributed by atoms with Gasteiger partial charge in [-0.25, -0.2) is 0 Å². The van der Waals surface area contributed by atoms with Crippen molar-refractivity contribution in [2.24, 2.45) is 5.41 Å². The van der Waals surface area contributed by atoms with Crippen LogP contribution in [0.3, 0.4) is 0 Å². The molecule has 2 nitrogen and oxygen atoms in total. The van der Waals surface area contributed by atoms with E-state index in [0.717, 1.165) is 5.56 Å². The normalized spacial score (nSPS) is 17.4. The van der Waals surface area contributed by atoms with Gasteiger partial charge in [-0.1, -0.05) is 24.3 Å². The van der Waals surface area contributed by atoms with Gasteiger partial charge in [-0.2, -0.15) is 11.8 Å². The van der Waals surface area contributed by atoms with Gasteiger partial charge in [-0.05, 0) is 61.7 Å². The molecule has 0 radical (unpaired) electrons. The van der Waals surface area contributed by atoms with Crippen LogP contribution in [0.1, 0.15) is 43.7 Å². The Hall–Kier alpha value is -0.960. The third kappa shape index (κ3) is 3.75. The number of aliphatic carboxylic acids is 1. The highest BCUT2D eigenvalue weighted by molar-refractivity contribution is 7.99. The SMILES string of the molecule is CC(C)(Cc1cccc(C2CCSCC2)c1)C(=O)O. The van der Waals surface area contributed by atoms with Crippen LogP contribution in [0.25, 0.3) is 0 Å². The van der Waals surface area contributed by atoms with Crippen LogP contribution >= 0.6 is 11.8 Å². The lowest BCUT2D eigenvalue weighted by atomic mass is 9.84. The van der Waals surface area contributed by atoms with Crippen molar-refractivity contribution in [3.63, 3.8) is 0 Å². The molecule has 19 heavy (non-hydrogen) atoms. The molecule has 0 aliphatic carbocycles. The van der Waals surface area contributed by atoms with Gasteiger partial charge in [0.1, 0.15) is 0 Å². The fourth-order valence-corrected chi connectivity index (χ4v) is 3.68. The Balaban J connectivity index is 2.12. The monoisotopic (exact) mass is 278 g/mol. The second-order valence-corrected chi connectivity index (χ2v) is 7.22.